The van der Waals surface area contributed by atoms with Gasteiger partial charge in [-0.05, 0) is 13.3 Å². The summed E-state index contributed by atoms with van der Waals surface area (Å²) < 4.78 is 1.72. The molecule has 5 nitrogen and oxygen atoms in total. The molecule has 1 heterocycles. The van der Waals surface area contributed by atoms with Crippen LogP contribution in [0.2, 0.25) is 5.02 Å². The zero-order valence-electron chi connectivity index (χ0n) is 9.29. The summed E-state index contributed by atoms with van der Waals surface area (Å²) in [7, 11) is 0. The largest absolute Gasteiger partial charge is 0.349 e. The van der Waals surface area contributed by atoms with Crippen molar-refractivity contribution >= 4 is 23.3 Å². The summed E-state index contributed by atoms with van der Waals surface area (Å²) >= 11 is 5.84. The van der Waals surface area contributed by atoms with Gasteiger partial charge in [-0.15, -0.1) is 0 Å². The number of nitrogens with zero attached hydrogens (tertiary/aromatic N) is 2. The van der Waals surface area contributed by atoms with Gasteiger partial charge in [0, 0.05) is 26.2 Å². The van der Waals surface area contributed by atoms with Gasteiger partial charge in [0.1, 0.15) is 0 Å². The Hall–Kier alpha value is -1.36. The van der Waals surface area contributed by atoms with E-state index in [1.807, 2.05) is 6.92 Å². The number of hydrogen-bond donors (Lipinski definition) is 1. The van der Waals surface area contributed by atoms with E-state index in [2.05, 4.69) is 10.4 Å². The fraction of sp³-hybridized carbons (Fsp3) is 0.500. The summed E-state index contributed by atoms with van der Waals surface area (Å²) in [6, 6.07) is 0. The topological polar surface area (TPSA) is 64.0 Å². The minimum atomic E-state index is -0.547. The number of ketones is 1. The average Bonchev–Trinajstić information content (AvgIpc) is 2.53. The van der Waals surface area contributed by atoms with Crippen molar-refractivity contribution in [1.82, 2.24) is 15.1 Å². The lowest BCUT2D eigenvalue weighted by Gasteiger charge is -2.02. The molecule has 1 N–H and O–H groups in total. The van der Waals surface area contributed by atoms with E-state index in [0.717, 1.165) is 5.69 Å². The maximum Gasteiger partial charge on any atom is 0.287 e. The van der Waals surface area contributed by atoms with Gasteiger partial charge < -0.3 is 5.32 Å². The van der Waals surface area contributed by atoms with Gasteiger partial charge in [0.25, 0.3) is 5.91 Å². The van der Waals surface area contributed by atoms with Gasteiger partial charge in [-0.1, -0.05) is 11.6 Å². The molecule has 0 saturated heterocycles. The summed E-state index contributed by atoms with van der Waals surface area (Å²) in [4.78, 5) is 21.5. The molecule has 88 valence electrons. The van der Waals surface area contributed by atoms with Crippen LogP contribution < -0.4 is 5.32 Å². The number of aryl methyl sites for hydroxylation is 2. The molecule has 0 aliphatic carbocycles. The fourth-order valence-corrected chi connectivity index (χ4v) is 1.33. The summed E-state index contributed by atoms with van der Waals surface area (Å²) in [5.41, 5.74) is 0.787. The molecule has 1 rings (SSSR count). The molecular weight excluding hydrogens is 230 g/mol. The molecule has 0 fully saturated rings. The number of amides is 1. The normalized spacial score (nSPS) is 10.2. The summed E-state index contributed by atoms with van der Waals surface area (Å²) in [6.45, 7) is 4.18. The van der Waals surface area contributed by atoms with Gasteiger partial charge in [0.2, 0.25) is 5.78 Å². The van der Waals surface area contributed by atoms with E-state index in [0.29, 0.717) is 24.5 Å². The van der Waals surface area contributed by atoms with E-state index < -0.39 is 11.7 Å². The minimum absolute atomic E-state index is 0.453. The third kappa shape index (κ3) is 3.66. The van der Waals surface area contributed by atoms with E-state index in [9.17, 15) is 9.59 Å². The Balaban J connectivity index is 2.26. The van der Waals surface area contributed by atoms with Crippen LogP contribution in [0.1, 0.15) is 19.0 Å². The van der Waals surface area contributed by atoms with Gasteiger partial charge in [-0.3, -0.25) is 14.3 Å². The van der Waals surface area contributed by atoms with E-state index in [4.69, 9.17) is 11.6 Å². The molecule has 6 heteroatoms. The molecule has 0 atom stereocenters. The second-order valence-corrected chi connectivity index (χ2v) is 3.90. The molecule has 0 aromatic carbocycles. The molecule has 0 spiro atoms. The molecule has 16 heavy (non-hydrogen) atoms. The number of halogens is 1. The van der Waals surface area contributed by atoms with Crippen LogP contribution in [-0.4, -0.2) is 28.0 Å². The van der Waals surface area contributed by atoms with Crippen LogP contribution in [0.4, 0.5) is 0 Å². The van der Waals surface area contributed by atoms with Gasteiger partial charge in [0.05, 0.1) is 10.7 Å². The second kappa shape index (κ2) is 5.65. The zero-order valence-corrected chi connectivity index (χ0v) is 10.0. The Morgan fingerprint density at radius 3 is 2.75 bits per heavy atom. The first-order valence-electron chi connectivity index (χ1n) is 4.99. The second-order valence-electron chi connectivity index (χ2n) is 3.49. The first kappa shape index (κ1) is 12.7. The summed E-state index contributed by atoms with van der Waals surface area (Å²) in [5.74, 6) is -1.02. The van der Waals surface area contributed by atoms with Crippen molar-refractivity contribution in [1.29, 1.82) is 0 Å². The molecule has 0 radical (unpaired) electrons. The third-order valence-corrected chi connectivity index (χ3v) is 2.43. The van der Waals surface area contributed by atoms with Crippen molar-refractivity contribution in [2.24, 2.45) is 0 Å². The monoisotopic (exact) mass is 243 g/mol. The molecular formula is C10H14ClN3O2. The highest BCUT2D eigenvalue weighted by atomic mass is 35.5. The Morgan fingerprint density at radius 1 is 1.56 bits per heavy atom. The number of nitrogens with one attached hydrogen (secondary N) is 1. The van der Waals surface area contributed by atoms with Crippen LogP contribution >= 0.6 is 11.6 Å². The van der Waals surface area contributed by atoms with Crippen LogP contribution in [0.15, 0.2) is 6.20 Å². The van der Waals surface area contributed by atoms with E-state index in [-0.39, 0.29) is 0 Å². The van der Waals surface area contributed by atoms with Crippen molar-refractivity contribution in [2.75, 3.05) is 6.54 Å². The maximum absolute atomic E-state index is 10.9. The molecule has 0 aliphatic rings. The van der Waals surface area contributed by atoms with E-state index in [1.54, 1.807) is 10.9 Å². The van der Waals surface area contributed by atoms with Crippen molar-refractivity contribution in [3.8, 4) is 0 Å². The van der Waals surface area contributed by atoms with Gasteiger partial charge >= 0.3 is 0 Å². The summed E-state index contributed by atoms with van der Waals surface area (Å²) in [6.07, 6.45) is 2.44. The minimum Gasteiger partial charge on any atom is -0.349 e. The van der Waals surface area contributed by atoms with Gasteiger partial charge in [-0.2, -0.15) is 5.10 Å². The lowest BCUT2D eigenvalue weighted by atomic mass is 10.4. The zero-order chi connectivity index (χ0) is 12.1. The first-order valence-corrected chi connectivity index (χ1v) is 5.37. The molecule has 0 bridgehead atoms. The maximum atomic E-state index is 10.9. The van der Waals surface area contributed by atoms with Crippen LogP contribution in [0.5, 0.6) is 0 Å². The number of carbonyl (C=O) groups is 2. The predicted molar refractivity (Wildman–Crippen MR) is 60.3 cm³/mol. The van der Waals surface area contributed by atoms with Crippen molar-refractivity contribution in [2.45, 2.75) is 26.8 Å². The number of carbonyl (C=O) groups excluding carboxylic acids is 2. The third-order valence-electron chi connectivity index (χ3n) is 2.06. The molecule has 0 saturated carbocycles. The smallest absolute Gasteiger partial charge is 0.287 e. The molecule has 0 unspecified atom stereocenters. The molecule has 1 aromatic heterocycles. The van der Waals surface area contributed by atoms with E-state index >= 15 is 0 Å². The average molecular weight is 244 g/mol. The van der Waals surface area contributed by atoms with Gasteiger partial charge in [-0.25, -0.2) is 0 Å². The van der Waals surface area contributed by atoms with Gasteiger partial charge in [0.15, 0.2) is 0 Å². The number of rotatable bonds is 5. The highest BCUT2D eigenvalue weighted by Gasteiger charge is 2.05. The lowest BCUT2D eigenvalue weighted by Crippen LogP contribution is -2.30. The molecule has 0 aliphatic heterocycles. The van der Waals surface area contributed by atoms with Crippen LogP contribution in [0.3, 0.4) is 0 Å². The van der Waals surface area contributed by atoms with E-state index in [1.165, 1.54) is 6.92 Å². The Bertz CT molecular complexity index is 381. The van der Waals surface area contributed by atoms with Crippen LogP contribution in [0, 0.1) is 6.92 Å². The Morgan fingerprint density at radius 2 is 2.25 bits per heavy atom. The van der Waals surface area contributed by atoms with Crippen molar-refractivity contribution < 1.29 is 9.59 Å². The van der Waals surface area contributed by atoms with Crippen molar-refractivity contribution in [3.05, 3.63) is 16.9 Å². The predicted octanol–water partition coefficient (Wildman–Crippen LogP) is 0.940. The number of hydrogen-bond acceptors (Lipinski definition) is 3. The number of aromatic nitrogens is 2. The molecule has 1 aromatic rings. The quantitative estimate of drug-likeness (QED) is 0.618. The first-order chi connectivity index (χ1) is 7.50. The highest BCUT2D eigenvalue weighted by molar-refractivity contribution is 6.35. The standard InChI is InChI=1S/C10H14ClN3O2/c1-7-9(11)6-14(13-7)5-3-4-12-10(16)8(2)15/h6H,3-5H2,1-2H3,(H,12,16). The molecule has 1 amide bonds. The fourth-order valence-electron chi connectivity index (χ4n) is 1.18. The Labute approximate surface area is 98.8 Å². The van der Waals surface area contributed by atoms with Crippen LogP contribution in [0.25, 0.3) is 0 Å². The van der Waals surface area contributed by atoms with Crippen molar-refractivity contribution in [3.63, 3.8) is 0 Å². The Kier molecular flexibility index (Phi) is 4.49. The van der Waals surface area contributed by atoms with Crippen LogP contribution in [-0.2, 0) is 16.1 Å². The SMILES string of the molecule is CC(=O)C(=O)NCCCn1cc(Cl)c(C)n1. The lowest BCUT2D eigenvalue weighted by molar-refractivity contribution is -0.136. The highest BCUT2D eigenvalue weighted by Crippen LogP contribution is 2.11. The summed E-state index contributed by atoms with van der Waals surface area (Å²) in [5, 5.41) is 7.31. The number of Topliss-reactive ketones (excluding diaryl/α,β-unsaturated/α-hetero) is 1.